The van der Waals surface area contributed by atoms with Gasteiger partial charge in [-0.25, -0.2) is 0 Å². The van der Waals surface area contributed by atoms with E-state index in [1.807, 2.05) is 0 Å². The van der Waals surface area contributed by atoms with Crippen molar-refractivity contribution in [1.29, 1.82) is 0 Å². The minimum atomic E-state index is -1.72. The van der Waals surface area contributed by atoms with Crippen LogP contribution in [0, 0.1) is 0 Å². The maximum absolute atomic E-state index is 11.4. The predicted octanol–water partition coefficient (Wildman–Crippen LogP) is 4.21. The Labute approximate surface area is 121 Å². The van der Waals surface area contributed by atoms with Crippen LogP contribution in [-0.4, -0.2) is 35.1 Å². The molecule has 5 heteroatoms. The minimum absolute atomic E-state index is 0.0672. The van der Waals surface area contributed by atoms with Crippen molar-refractivity contribution in [3.8, 4) is 0 Å². The van der Waals surface area contributed by atoms with Gasteiger partial charge in [-0.3, -0.25) is 0 Å². The molecule has 0 amide bonds. The van der Waals surface area contributed by atoms with Gasteiger partial charge in [0.25, 0.3) is 0 Å². The number of aldehydes is 1. The smallest absolute Gasteiger partial charge is 0.184 e. The van der Waals surface area contributed by atoms with Gasteiger partial charge in [-0.2, -0.15) is 0 Å². The molecule has 0 aliphatic rings. The first-order valence-electron chi connectivity index (χ1n) is 7.40. The van der Waals surface area contributed by atoms with E-state index in [0.29, 0.717) is 0 Å². The molecule has 0 heterocycles. The Bertz CT molecular complexity index is 256. The van der Waals surface area contributed by atoms with E-state index in [0.717, 1.165) is 19.1 Å². The maximum Gasteiger partial charge on any atom is 0.184 e. The summed E-state index contributed by atoms with van der Waals surface area (Å²) in [5.41, 5.74) is 0. The molecule has 0 rings (SSSR count). The number of rotatable bonds is 10. The van der Waals surface area contributed by atoms with Gasteiger partial charge in [-0.15, -0.1) is 0 Å². The van der Waals surface area contributed by atoms with Crippen LogP contribution >= 0.6 is 0 Å². The summed E-state index contributed by atoms with van der Waals surface area (Å²) < 4.78 is 12.2. The average Bonchev–Trinajstić information content (AvgIpc) is 2.22. The Morgan fingerprint density at radius 3 is 1.84 bits per heavy atom. The standard InChI is InChI=1S/C14H32O3Si2/c1-8-9-10-11-13(16-18(2,3)4)14(12-15)17-19(5,6)7/h12-14H,8-11H2,1-7H3/t13-,14+/m0/s1. The van der Waals surface area contributed by atoms with Crippen molar-refractivity contribution in [3.63, 3.8) is 0 Å². The predicted molar refractivity (Wildman–Crippen MR) is 86.6 cm³/mol. The summed E-state index contributed by atoms with van der Waals surface area (Å²) in [7, 11) is -3.38. The van der Waals surface area contributed by atoms with Gasteiger partial charge in [-0.1, -0.05) is 26.2 Å². The highest BCUT2D eigenvalue weighted by molar-refractivity contribution is 6.70. The lowest BCUT2D eigenvalue weighted by molar-refractivity contribution is -0.118. The highest BCUT2D eigenvalue weighted by Crippen LogP contribution is 2.20. The number of hydrogen-bond acceptors (Lipinski definition) is 3. The van der Waals surface area contributed by atoms with Crippen molar-refractivity contribution in [2.24, 2.45) is 0 Å². The average molecular weight is 305 g/mol. The first-order valence-corrected chi connectivity index (χ1v) is 14.2. The molecular formula is C14H32O3Si2. The van der Waals surface area contributed by atoms with Crippen molar-refractivity contribution >= 4 is 22.9 Å². The second kappa shape index (κ2) is 8.34. The fourth-order valence-corrected chi connectivity index (χ4v) is 4.12. The zero-order valence-corrected chi connectivity index (χ0v) is 15.8. The summed E-state index contributed by atoms with van der Waals surface area (Å²) >= 11 is 0. The first-order chi connectivity index (χ1) is 8.59. The van der Waals surface area contributed by atoms with Crippen LogP contribution in [0.15, 0.2) is 0 Å². The molecule has 0 N–H and O–H groups in total. The van der Waals surface area contributed by atoms with E-state index in [-0.39, 0.29) is 6.10 Å². The molecule has 0 aromatic rings. The Morgan fingerprint density at radius 2 is 1.47 bits per heavy atom. The van der Waals surface area contributed by atoms with Crippen LogP contribution < -0.4 is 0 Å². The summed E-state index contributed by atoms with van der Waals surface area (Å²) in [5.74, 6) is 0. The molecule has 0 aromatic carbocycles. The van der Waals surface area contributed by atoms with Crippen LogP contribution in [0.3, 0.4) is 0 Å². The van der Waals surface area contributed by atoms with E-state index in [4.69, 9.17) is 8.85 Å². The van der Waals surface area contributed by atoms with Crippen molar-refractivity contribution in [2.75, 3.05) is 0 Å². The van der Waals surface area contributed by atoms with Crippen LogP contribution in [0.5, 0.6) is 0 Å². The lowest BCUT2D eigenvalue weighted by Crippen LogP contribution is -2.45. The molecule has 0 aromatic heterocycles. The van der Waals surface area contributed by atoms with Gasteiger partial charge in [0.15, 0.2) is 16.6 Å². The molecule has 3 nitrogen and oxygen atoms in total. The molecule has 2 atom stereocenters. The van der Waals surface area contributed by atoms with Crippen molar-refractivity contribution in [2.45, 2.75) is 84.1 Å². The summed E-state index contributed by atoms with van der Waals surface area (Å²) in [4.78, 5) is 11.4. The summed E-state index contributed by atoms with van der Waals surface area (Å²) in [6, 6.07) is 0. The van der Waals surface area contributed by atoms with Crippen molar-refractivity contribution in [3.05, 3.63) is 0 Å². The molecular weight excluding hydrogens is 272 g/mol. The zero-order chi connectivity index (χ0) is 15.1. The fourth-order valence-electron chi connectivity index (χ4n) is 1.94. The molecule has 0 fully saturated rings. The van der Waals surface area contributed by atoms with Gasteiger partial charge in [0.2, 0.25) is 0 Å². The van der Waals surface area contributed by atoms with Crippen molar-refractivity contribution < 1.29 is 13.6 Å². The Balaban J connectivity index is 4.70. The van der Waals surface area contributed by atoms with Crippen LogP contribution in [-0.2, 0) is 13.6 Å². The second-order valence-electron chi connectivity index (χ2n) is 7.10. The summed E-state index contributed by atoms with van der Waals surface area (Å²) in [5, 5.41) is 0. The van der Waals surface area contributed by atoms with Crippen LogP contribution in [0.4, 0.5) is 0 Å². The van der Waals surface area contributed by atoms with E-state index in [1.165, 1.54) is 12.8 Å². The molecule has 0 saturated carbocycles. The second-order valence-corrected chi connectivity index (χ2v) is 16.0. The van der Waals surface area contributed by atoms with Crippen LogP contribution in [0.25, 0.3) is 0 Å². The number of hydrogen-bond donors (Lipinski definition) is 0. The number of carbonyl (C=O) groups excluding carboxylic acids is 1. The van der Waals surface area contributed by atoms with E-state index in [2.05, 4.69) is 46.2 Å². The lowest BCUT2D eigenvalue weighted by atomic mass is 10.1. The van der Waals surface area contributed by atoms with Gasteiger partial charge in [0.1, 0.15) is 12.4 Å². The van der Waals surface area contributed by atoms with Gasteiger partial charge in [0, 0.05) is 0 Å². The van der Waals surface area contributed by atoms with E-state index >= 15 is 0 Å². The van der Waals surface area contributed by atoms with E-state index < -0.39 is 22.7 Å². The highest BCUT2D eigenvalue weighted by Gasteiger charge is 2.31. The SMILES string of the molecule is CCCCC[C@H](O[Si](C)(C)C)[C@@H](C=O)O[Si](C)(C)C. The minimum Gasteiger partial charge on any atom is -0.412 e. The fraction of sp³-hybridized carbons (Fsp3) is 0.929. The monoisotopic (exact) mass is 304 g/mol. The molecule has 0 radical (unpaired) electrons. The first kappa shape index (κ1) is 19.0. The quantitative estimate of drug-likeness (QED) is 0.344. The van der Waals surface area contributed by atoms with Gasteiger partial charge in [-0.05, 0) is 45.7 Å². The normalized spacial score (nSPS) is 16.2. The topological polar surface area (TPSA) is 35.5 Å². The van der Waals surface area contributed by atoms with Gasteiger partial charge >= 0.3 is 0 Å². The van der Waals surface area contributed by atoms with Gasteiger partial charge in [0.05, 0.1) is 6.10 Å². The third-order valence-corrected chi connectivity index (χ3v) is 4.58. The molecule has 0 unspecified atom stereocenters. The summed E-state index contributed by atoms with van der Waals surface area (Å²) in [6.45, 7) is 15.0. The van der Waals surface area contributed by atoms with E-state index in [9.17, 15) is 4.79 Å². The third kappa shape index (κ3) is 10.5. The molecule has 114 valence electrons. The zero-order valence-electron chi connectivity index (χ0n) is 13.8. The Morgan fingerprint density at radius 1 is 0.947 bits per heavy atom. The lowest BCUT2D eigenvalue weighted by Gasteiger charge is -2.33. The molecule has 0 spiro atoms. The summed E-state index contributed by atoms with van der Waals surface area (Å²) in [6.07, 6.45) is 4.87. The largest absolute Gasteiger partial charge is 0.412 e. The van der Waals surface area contributed by atoms with Crippen LogP contribution in [0.2, 0.25) is 39.3 Å². The molecule has 0 aliphatic heterocycles. The molecule has 0 saturated heterocycles. The number of unbranched alkanes of at least 4 members (excludes halogenated alkanes) is 2. The molecule has 19 heavy (non-hydrogen) atoms. The third-order valence-electron chi connectivity index (χ3n) is 2.59. The Kier molecular flexibility index (Phi) is 8.35. The van der Waals surface area contributed by atoms with Crippen LogP contribution in [0.1, 0.15) is 32.6 Å². The van der Waals surface area contributed by atoms with Crippen molar-refractivity contribution in [1.82, 2.24) is 0 Å². The van der Waals surface area contributed by atoms with E-state index in [1.54, 1.807) is 0 Å². The maximum atomic E-state index is 11.4. The highest BCUT2D eigenvalue weighted by atomic mass is 28.4. The molecule has 0 aliphatic carbocycles. The molecule has 0 bridgehead atoms. The Hall–Kier alpha value is 0.0238. The van der Waals surface area contributed by atoms with Gasteiger partial charge < -0.3 is 13.6 Å². The number of carbonyl (C=O) groups is 1.